The summed E-state index contributed by atoms with van der Waals surface area (Å²) < 4.78 is 5.39. The highest BCUT2D eigenvalue weighted by molar-refractivity contribution is 5.68. The third-order valence-corrected chi connectivity index (χ3v) is 3.44. The van der Waals surface area contributed by atoms with Crippen LogP contribution in [-0.4, -0.2) is 35.7 Å². The van der Waals surface area contributed by atoms with Crippen molar-refractivity contribution in [3.63, 3.8) is 0 Å². The Balaban J connectivity index is 2.46. The van der Waals surface area contributed by atoms with Gasteiger partial charge in [-0.15, -0.1) is 0 Å². The van der Waals surface area contributed by atoms with Crippen molar-refractivity contribution in [1.82, 2.24) is 4.90 Å². The number of ether oxygens (including phenoxy) is 1. The SMILES string of the molecule is CC(N)CC1(C)CCN(C(=O)OC(C)(C)C)CC1. The standard InChI is InChI=1S/C14H28N2O2/c1-11(15)10-14(5)6-8-16(9-7-14)12(17)18-13(2,3)4/h11H,6-10,15H2,1-5H3. The number of carbonyl (C=O) groups excluding carboxylic acids is 1. The Hall–Kier alpha value is -0.770. The van der Waals surface area contributed by atoms with Gasteiger partial charge in [0, 0.05) is 19.1 Å². The first-order chi connectivity index (χ1) is 8.11. The molecule has 0 spiro atoms. The van der Waals surface area contributed by atoms with Crippen LogP contribution in [0.4, 0.5) is 4.79 Å². The van der Waals surface area contributed by atoms with Gasteiger partial charge in [-0.3, -0.25) is 0 Å². The van der Waals surface area contributed by atoms with Crippen molar-refractivity contribution in [2.75, 3.05) is 13.1 Å². The Kier molecular flexibility index (Phi) is 4.65. The monoisotopic (exact) mass is 256 g/mol. The molecule has 1 heterocycles. The number of nitrogens with zero attached hydrogens (tertiary/aromatic N) is 1. The number of amides is 1. The maximum absolute atomic E-state index is 11.9. The molecule has 1 aliphatic rings. The summed E-state index contributed by atoms with van der Waals surface area (Å²) >= 11 is 0. The molecule has 1 unspecified atom stereocenters. The van der Waals surface area contributed by atoms with Crippen LogP contribution in [0, 0.1) is 5.41 Å². The molecule has 1 fully saturated rings. The van der Waals surface area contributed by atoms with E-state index >= 15 is 0 Å². The van der Waals surface area contributed by atoms with Gasteiger partial charge in [-0.2, -0.15) is 0 Å². The van der Waals surface area contributed by atoms with Gasteiger partial charge < -0.3 is 15.4 Å². The summed E-state index contributed by atoms with van der Waals surface area (Å²) in [6.45, 7) is 11.6. The maximum Gasteiger partial charge on any atom is 0.410 e. The lowest BCUT2D eigenvalue weighted by Gasteiger charge is -2.40. The van der Waals surface area contributed by atoms with E-state index in [9.17, 15) is 4.79 Å². The number of hydrogen-bond acceptors (Lipinski definition) is 3. The lowest BCUT2D eigenvalue weighted by molar-refractivity contribution is 0.0106. The molecule has 0 aromatic rings. The van der Waals surface area contributed by atoms with Crippen molar-refractivity contribution in [2.45, 2.75) is 65.5 Å². The van der Waals surface area contributed by atoms with Gasteiger partial charge in [-0.05, 0) is 52.4 Å². The fraction of sp³-hybridized carbons (Fsp3) is 0.929. The van der Waals surface area contributed by atoms with Crippen LogP contribution in [0.1, 0.15) is 53.9 Å². The second kappa shape index (κ2) is 5.47. The Morgan fingerprint density at radius 2 is 1.89 bits per heavy atom. The lowest BCUT2D eigenvalue weighted by Crippen LogP contribution is -2.45. The van der Waals surface area contributed by atoms with E-state index in [1.165, 1.54) is 0 Å². The lowest BCUT2D eigenvalue weighted by atomic mass is 9.76. The van der Waals surface area contributed by atoms with Crippen molar-refractivity contribution in [1.29, 1.82) is 0 Å². The predicted molar refractivity (Wildman–Crippen MR) is 73.4 cm³/mol. The minimum absolute atomic E-state index is 0.189. The van der Waals surface area contributed by atoms with E-state index in [1.807, 2.05) is 32.6 Å². The molecular formula is C14H28N2O2. The van der Waals surface area contributed by atoms with Crippen LogP contribution in [0.2, 0.25) is 0 Å². The summed E-state index contributed by atoms with van der Waals surface area (Å²) in [5.41, 5.74) is 5.74. The molecule has 18 heavy (non-hydrogen) atoms. The molecule has 0 aliphatic carbocycles. The van der Waals surface area contributed by atoms with Gasteiger partial charge in [0.25, 0.3) is 0 Å². The van der Waals surface area contributed by atoms with Crippen molar-refractivity contribution >= 4 is 6.09 Å². The zero-order chi connectivity index (χ0) is 14.0. The van der Waals surface area contributed by atoms with Crippen molar-refractivity contribution < 1.29 is 9.53 Å². The Morgan fingerprint density at radius 1 is 1.39 bits per heavy atom. The van der Waals surface area contributed by atoms with Crippen LogP contribution in [-0.2, 0) is 4.74 Å². The Bertz CT molecular complexity index is 287. The number of likely N-dealkylation sites (tertiary alicyclic amines) is 1. The molecule has 0 aromatic carbocycles. The quantitative estimate of drug-likeness (QED) is 0.826. The van der Waals surface area contributed by atoms with Gasteiger partial charge in [0.05, 0.1) is 0 Å². The van der Waals surface area contributed by atoms with Crippen LogP contribution in [0.15, 0.2) is 0 Å². The van der Waals surface area contributed by atoms with Crippen LogP contribution in [0.25, 0.3) is 0 Å². The highest BCUT2D eigenvalue weighted by Crippen LogP contribution is 2.35. The molecule has 1 aliphatic heterocycles. The molecule has 4 nitrogen and oxygen atoms in total. The molecule has 2 N–H and O–H groups in total. The van der Waals surface area contributed by atoms with E-state index in [-0.39, 0.29) is 17.6 Å². The molecule has 106 valence electrons. The molecular weight excluding hydrogens is 228 g/mol. The normalized spacial score (nSPS) is 21.6. The van der Waals surface area contributed by atoms with Gasteiger partial charge in [0.1, 0.15) is 5.60 Å². The minimum atomic E-state index is -0.413. The summed E-state index contributed by atoms with van der Waals surface area (Å²) in [6, 6.07) is 0.225. The summed E-state index contributed by atoms with van der Waals surface area (Å²) in [5, 5.41) is 0. The number of nitrogens with two attached hydrogens (primary N) is 1. The smallest absolute Gasteiger partial charge is 0.410 e. The van der Waals surface area contributed by atoms with Gasteiger partial charge in [-0.1, -0.05) is 6.92 Å². The second-order valence-corrected chi connectivity index (χ2v) is 6.96. The fourth-order valence-corrected chi connectivity index (χ4v) is 2.54. The molecule has 1 amide bonds. The summed E-state index contributed by atoms with van der Waals surface area (Å²) in [6.07, 6.45) is 2.85. The first kappa shape index (κ1) is 15.3. The average Bonchev–Trinajstić information content (AvgIpc) is 2.13. The number of hydrogen-bond donors (Lipinski definition) is 1. The van der Waals surface area contributed by atoms with Gasteiger partial charge in [0.15, 0.2) is 0 Å². The van der Waals surface area contributed by atoms with Crippen LogP contribution in [0.5, 0.6) is 0 Å². The van der Waals surface area contributed by atoms with E-state index < -0.39 is 5.60 Å². The number of rotatable bonds is 2. The van der Waals surface area contributed by atoms with E-state index in [0.717, 1.165) is 32.4 Å². The summed E-state index contributed by atoms with van der Waals surface area (Å²) in [4.78, 5) is 13.7. The van der Waals surface area contributed by atoms with E-state index in [2.05, 4.69) is 6.92 Å². The topological polar surface area (TPSA) is 55.6 Å². The third-order valence-electron chi connectivity index (χ3n) is 3.44. The fourth-order valence-electron chi connectivity index (χ4n) is 2.54. The van der Waals surface area contributed by atoms with Crippen molar-refractivity contribution in [3.05, 3.63) is 0 Å². The molecule has 1 rings (SSSR count). The zero-order valence-electron chi connectivity index (χ0n) is 12.5. The predicted octanol–water partition coefficient (Wildman–Crippen LogP) is 2.76. The molecule has 0 radical (unpaired) electrons. The Labute approximate surface area is 111 Å². The Morgan fingerprint density at radius 3 is 2.28 bits per heavy atom. The molecule has 0 bridgehead atoms. The zero-order valence-corrected chi connectivity index (χ0v) is 12.5. The van der Waals surface area contributed by atoms with Crippen molar-refractivity contribution in [3.8, 4) is 0 Å². The van der Waals surface area contributed by atoms with E-state index in [4.69, 9.17) is 10.5 Å². The first-order valence-corrected chi connectivity index (χ1v) is 6.85. The maximum atomic E-state index is 11.9. The number of piperidine rings is 1. The number of carbonyl (C=O) groups is 1. The molecule has 4 heteroatoms. The van der Waals surface area contributed by atoms with Gasteiger partial charge >= 0.3 is 6.09 Å². The van der Waals surface area contributed by atoms with Crippen molar-refractivity contribution in [2.24, 2.45) is 11.1 Å². The van der Waals surface area contributed by atoms with Crippen LogP contribution in [0.3, 0.4) is 0 Å². The minimum Gasteiger partial charge on any atom is -0.444 e. The van der Waals surface area contributed by atoms with Crippen LogP contribution >= 0.6 is 0 Å². The second-order valence-electron chi connectivity index (χ2n) is 6.96. The molecule has 0 aromatic heterocycles. The van der Waals surface area contributed by atoms with E-state index in [1.54, 1.807) is 0 Å². The first-order valence-electron chi connectivity index (χ1n) is 6.85. The highest BCUT2D eigenvalue weighted by Gasteiger charge is 2.33. The van der Waals surface area contributed by atoms with Gasteiger partial charge in [-0.25, -0.2) is 4.79 Å². The molecule has 1 saturated heterocycles. The highest BCUT2D eigenvalue weighted by atomic mass is 16.6. The average molecular weight is 256 g/mol. The summed E-state index contributed by atoms with van der Waals surface area (Å²) in [5.74, 6) is 0. The molecule has 0 saturated carbocycles. The molecule has 1 atom stereocenters. The third kappa shape index (κ3) is 4.84. The largest absolute Gasteiger partial charge is 0.444 e. The summed E-state index contributed by atoms with van der Waals surface area (Å²) in [7, 11) is 0. The van der Waals surface area contributed by atoms with Crippen LogP contribution < -0.4 is 5.73 Å². The van der Waals surface area contributed by atoms with Gasteiger partial charge in [0.2, 0.25) is 0 Å². The van der Waals surface area contributed by atoms with E-state index in [0.29, 0.717) is 0 Å².